The van der Waals surface area contributed by atoms with Crippen LogP contribution in [0.1, 0.15) is 28.8 Å². The molecule has 1 amide bonds. The minimum atomic E-state index is -1.30. The predicted molar refractivity (Wildman–Crippen MR) is 58.2 cm³/mol. The number of amides is 1. The van der Waals surface area contributed by atoms with Gasteiger partial charge in [0.25, 0.3) is 5.91 Å². The summed E-state index contributed by atoms with van der Waals surface area (Å²) < 4.78 is 5.22. The van der Waals surface area contributed by atoms with E-state index in [9.17, 15) is 9.90 Å². The fraction of sp³-hybridized carbons (Fsp3) is 0.545. The van der Waals surface area contributed by atoms with Gasteiger partial charge in [-0.2, -0.15) is 0 Å². The molecule has 90 valence electrons. The summed E-state index contributed by atoms with van der Waals surface area (Å²) >= 11 is 0. The van der Waals surface area contributed by atoms with Gasteiger partial charge in [-0.05, 0) is 26.8 Å². The molecule has 0 aliphatic heterocycles. The molecule has 0 fully saturated rings. The summed E-state index contributed by atoms with van der Waals surface area (Å²) in [4.78, 5) is 11.7. The van der Waals surface area contributed by atoms with Crippen molar-refractivity contribution in [3.05, 3.63) is 23.2 Å². The Bertz CT molecular complexity index is 381. The zero-order valence-corrected chi connectivity index (χ0v) is 9.70. The lowest BCUT2D eigenvalue weighted by atomic mass is 10.1. The highest BCUT2D eigenvalue weighted by atomic mass is 16.3. The van der Waals surface area contributed by atoms with Crippen molar-refractivity contribution in [1.82, 2.24) is 5.32 Å². The van der Waals surface area contributed by atoms with Crippen LogP contribution in [0, 0.1) is 13.8 Å². The first-order valence-electron chi connectivity index (χ1n) is 5.04. The molecular weight excluding hydrogens is 210 g/mol. The Hall–Kier alpha value is -1.33. The minimum absolute atomic E-state index is 0.00794. The normalized spacial score (nSPS) is 14.6. The summed E-state index contributed by atoms with van der Waals surface area (Å²) in [6, 6.07) is 1.64. The SMILES string of the molecule is Cc1cc(C(=O)NCC(C)(O)CO)c(C)o1. The van der Waals surface area contributed by atoms with Gasteiger partial charge in [-0.1, -0.05) is 0 Å². The number of aryl methyl sites for hydroxylation is 2. The van der Waals surface area contributed by atoms with E-state index in [0.717, 1.165) is 0 Å². The molecule has 0 saturated heterocycles. The lowest BCUT2D eigenvalue weighted by molar-refractivity contribution is 0.00319. The van der Waals surface area contributed by atoms with Crippen molar-refractivity contribution < 1.29 is 19.4 Å². The van der Waals surface area contributed by atoms with E-state index in [2.05, 4.69) is 5.32 Å². The molecule has 3 N–H and O–H groups in total. The zero-order valence-electron chi connectivity index (χ0n) is 9.70. The molecule has 5 heteroatoms. The van der Waals surface area contributed by atoms with E-state index in [1.54, 1.807) is 19.9 Å². The van der Waals surface area contributed by atoms with Crippen LogP contribution in [-0.2, 0) is 0 Å². The average Bonchev–Trinajstić information content (AvgIpc) is 2.54. The van der Waals surface area contributed by atoms with Gasteiger partial charge in [-0.15, -0.1) is 0 Å². The Balaban J connectivity index is 2.63. The van der Waals surface area contributed by atoms with Crippen molar-refractivity contribution in [3.8, 4) is 0 Å². The number of carbonyl (C=O) groups is 1. The molecule has 1 aromatic rings. The van der Waals surface area contributed by atoms with Gasteiger partial charge in [0.1, 0.15) is 17.1 Å². The Morgan fingerprint density at radius 2 is 2.19 bits per heavy atom. The summed E-state index contributed by atoms with van der Waals surface area (Å²) in [5.74, 6) is 0.887. The predicted octanol–water partition coefficient (Wildman–Crippen LogP) is 0.370. The molecule has 1 heterocycles. The summed E-state index contributed by atoms with van der Waals surface area (Å²) in [5.41, 5.74) is -0.853. The molecule has 1 atom stereocenters. The minimum Gasteiger partial charge on any atom is -0.466 e. The van der Waals surface area contributed by atoms with Crippen LogP contribution in [0.2, 0.25) is 0 Å². The second-order valence-corrected chi connectivity index (χ2v) is 4.16. The highest BCUT2D eigenvalue weighted by molar-refractivity contribution is 5.95. The molecule has 0 aliphatic carbocycles. The number of nitrogens with one attached hydrogen (secondary N) is 1. The van der Waals surface area contributed by atoms with Gasteiger partial charge in [0.2, 0.25) is 0 Å². The van der Waals surface area contributed by atoms with Gasteiger partial charge in [0, 0.05) is 6.54 Å². The molecule has 1 aromatic heterocycles. The van der Waals surface area contributed by atoms with E-state index in [1.807, 2.05) is 0 Å². The number of hydrogen-bond donors (Lipinski definition) is 3. The van der Waals surface area contributed by atoms with Crippen LogP contribution in [-0.4, -0.2) is 34.9 Å². The third kappa shape index (κ3) is 3.08. The van der Waals surface area contributed by atoms with Crippen molar-refractivity contribution in [1.29, 1.82) is 0 Å². The molecule has 0 aromatic carbocycles. The zero-order chi connectivity index (χ0) is 12.3. The second kappa shape index (κ2) is 4.67. The fourth-order valence-corrected chi connectivity index (χ4v) is 1.28. The van der Waals surface area contributed by atoms with E-state index in [1.165, 1.54) is 6.92 Å². The van der Waals surface area contributed by atoms with Gasteiger partial charge in [-0.3, -0.25) is 4.79 Å². The maximum absolute atomic E-state index is 11.7. The molecular formula is C11H17NO4. The number of rotatable bonds is 4. The molecule has 1 unspecified atom stereocenters. The van der Waals surface area contributed by atoms with E-state index in [0.29, 0.717) is 17.1 Å². The molecule has 5 nitrogen and oxygen atoms in total. The highest BCUT2D eigenvalue weighted by Gasteiger charge is 2.21. The van der Waals surface area contributed by atoms with Crippen LogP contribution in [0.5, 0.6) is 0 Å². The first-order valence-corrected chi connectivity index (χ1v) is 5.04. The van der Waals surface area contributed by atoms with Crippen LogP contribution in [0.15, 0.2) is 10.5 Å². The fourth-order valence-electron chi connectivity index (χ4n) is 1.28. The van der Waals surface area contributed by atoms with Gasteiger partial charge < -0.3 is 19.9 Å². The summed E-state index contributed by atoms with van der Waals surface area (Å²) in [5, 5.41) is 20.9. The quantitative estimate of drug-likeness (QED) is 0.694. The van der Waals surface area contributed by atoms with E-state index in [-0.39, 0.29) is 12.5 Å². The van der Waals surface area contributed by atoms with Gasteiger partial charge in [0.15, 0.2) is 0 Å². The lowest BCUT2D eigenvalue weighted by Gasteiger charge is -2.20. The van der Waals surface area contributed by atoms with Crippen LogP contribution >= 0.6 is 0 Å². The Morgan fingerprint density at radius 3 is 2.62 bits per heavy atom. The second-order valence-electron chi connectivity index (χ2n) is 4.16. The Kier molecular flexibility index (Phi) is 3.72. The third-order valence-corrected chi connectivity index (χ3v) is 2.26. The first kappa shape index (κ1) is 12.7. The van der Waals surface area contributed by atoms with Crippen LogP contribution in [0.3, 0.4) is 0 Å². The molecule has 0 radical (unpaired) electrons. The van der Waals surface area contributed by atoms with Crippen LogP contribution < -0.4 is 5.32 Å². The maximum atomic E-state index is 11.7. The monoisotopic (exact) mass is 227 g/mol. The first-order chi connectivity index (χ1) is 7.35. The van der Waals surface area contributed by atoms with Gasteiger partial charge >= 0.3 is 0 Å². The van der Waals surface area contributed by atoms with Crippen LogP contribution in [0.4, 0.5) is 0 Å². The molecule has 0 saturated carbocycles. The molecule has 0 aliphatic rings. The molecule has 0 spiro atoms. The number of carbonyl (C=O) groups excluding carboxylic acids is 1. The summed E-state index contributed by atoms with van der Waals surface area (Å²) in [6.07, 6.45) is 0. The van der Waals surface area contributed by atoms with E-state index >= 15 is 0 Å². The van der Waals surface area contributed by atoms with Crippen molar-refractivity contribution >= 4 is 5.91 Å². The topological polar surface area (TPSA) is 82.7 Å². The van der Waals surface area contributed by atoms with Crippen LogP contribution in [0.25, 0.3) is 0 Å². The lowest BCUT2D eigenvalue weighted by Crippen LogP contribution is -2.43. The largest absolute Gasteiger partial charge is 0.466 e. The van der Waals surface area contributed by atoms with Crippen molar-refractivity contribution in [3.63, 3.8) is 0 Å². The Labute approximate surface area is 94.1 Å². The summed E-state index contributed by atoms with van der Waals surface area (Å²) in [7, 11) is 0. The van der Waals surface area contributed by atoms with E-state index in [4.69, 9.17) is 9.52 Å². The maximum Gasteiger partial charge on any atom is 0.254 e. The summed E-state index contributed by atoms with van der Waals surface area (Å²) in [6.45, 7) is 4.49. The average molecular weight is 227 g/mol. The van der Waals surface area contributed by atoms with Crippen molar-refractivity contribution in [2.45, 2.75) is 26.4 Å². The molecule has 16 heavy (non-hydrogen) atoms. The Morgan fingerprint density at radius 1 is 1.56 bits per heavy atom. The number of furan rings is 1. The standard InChI is InChI=1S/C11H17NO4/c1-7-4-9(8(2)16-7)10(14)12-5-11(3,15)6-13/h4,13,15H,5-6H2,1-3H3,(H,12,14). The third-order valence-electron chi connectivity index (χ3n) is 2.26. The van der Waals surface area contributed by atoms with Gasteiger partial charge in [0.05, 0.1) is 12.2 Å². The van der Waals surface area contributed by atoms with Gasteiger partial charge in [-0.25, -0.2) is 0 Å². The molecule has 0 bridgehead atoms. The molecule has 1 rings (SSSR count). The van der Waals surface area contributed by atoms with Crippen molar-refractivity contribution in [2.24, 2.45) is 0 Å². The number of hydrogen-bond acceptors (Lipinski definition) is 4. The number of aliphatic hydroxyl groups is 2. The smallest absolute Gasteiger partial charge is 0.254 e. The van der Waals surface area contributed by atoms with Crippen molar-refractivity contribution in [2.75, 3.05) is 13.2 Å². The number of aliphatic hydroxyl groups excluding tert-OH is 1. The van der Waals surface area contributed by atoms with E-state index < -0.39 is 12.2 Å². The highest BCUT2D eigenvalue weighted by Crippen LogP contribution is 2.13.